The van der Waals surface area contributed by atoms with Gasteiger partial charge in [0.1, 0.15) is 0 Å². The van der Waals surface area contributed by atoms with Crippen LogP contribution in [0.25, 0.3) is 0 Å². The molecular weight excluding hydrogens is 222 g/mol. The van der Waals surface area contributed by atoms with Crippen LogP contribution < -0.4 is 11.1 Å². The van der Waals surface area contributed by atoms with Crippen molar-refractivity contribution in [1.29, 1.82) is 0 Å². The zero-order valence-electron chi connectivity index (χ0n) is 11.1. The maximum atomic E-state index is 5.94. The minimum Gasteiger partial charge on any atom is -0.396 e. The van der Waals surface area contributed by atoms with Gasteiger partial charge in [0.25, 0.3) is 0 Å². The zero-order valence-corrected chi connectivity index (χ0v) is 11.1. The minimum atomic E-state index is 0.458. The van der Waals surface area contributed by atoms with E-state index in [-0.39, 0.29) is 0 Å². The molecule has 2 rings (SSSR count). The number of nitrogen functional groups attached to an aromatic ring is 1. The minimum absolute atomic E-state index is 0.458. The molecule has 0 bridgehead atoms. The summed E-state index contributed by atoms with van der Waals surface area (Å²) in [6, 6.07) is 12.0. The summed E-state index contributed by atoms with van der Waals surface area (Å²) in [5, 5.41) is 3.33. The van der Waals surface area contributed by atoms with Crippen LogP contribution >= 0.6 is 0 Å². The second-order valence-corrected chi connectivity index (χ2v) is 4.76. The molecular formula is C15H19N3. The molecule has 0 amide bonds. The summed E-state index contributed by atoms with van der Waals surface area (Å²) in [6.45, 7) is 6.31. The largest absolute Gasteiger partial charge is 0.396 e. The van der Waals surface area contributed by atoms with Crippen LogP contribution in [0, 0.1) is 6.92 Å². The van der Waals surface area contributed by atoms with Crippen LogP contribution in [0.3, 0.4) is 0 Å². The number of para-hydroxylation sites is 1. The number of aromatic nitrogens is 1. The van der Waals surface area contributed by atoms with E-state index in [2.05, 4.69) is 36.3 Å². The molecule has 1 aromatic carbocycles. The fourth-order valence-electron chi connectivity index (χ4n) is 1.91. The van der Waals surface area contributed by atoms with Gasteiger partial charge in [-0.2, -0.15) is 0 Å². The van der Waals surface area contributed by atoms with Crippen molar-refractivity contribution in [3.05, 3.63) is 47.7 Å². The number of hydrogen-bond acceptors (Lipinski definition) is 3. The highest BCUT2D eigenvalue weighted by Gasteiger charge is 2.08. The van der Waals surface area contributed by atoms with Gasteiger partial charge in [-0.1, -0.05) is 32.0 Å². The molecule has 3 heteroatoms. The van der Waals surface area contributed by atoms with E-state index >= 15 is 0 Å². The molecule has 0 aliphatic heterocycles. The molecule has 3 nitrogen and oxygen atoms in total. The number of benzene rings is 1. The number of hydrogen-bond donors (Lipinski definition) is 2. The van der Waals surface area contributed by atoms with Crippen molar-refractivity contribution in [3.8, 4) is 0 Å². The maximum absolute atomic E-state index is 5.94. The lowest BCUT2D eigenvalue weighted by atomic mass is 10.0. The number of aryl methyl sites for hydroxylation is 1. The summed E-state index contributed by atoms with van der Waals surface area (Å²) in [6.07, 6.45) is 0. The summed E-state index contributed by atoms with van der Waals surface area (Å²) in [5.41, 5.74) is 9.89. The zero-order chi connectivity index (χ0) is 13.1. The predicted octanol–water partition coefficient (Wildman–Crippen LogP) is 3.84. The lowest BCUT2D eigenvalue weighted by molar-refractivity contribution is 0.869. The Labute approximate surface area is 108 Å². The second kappa shape index (κ2) is 5.08. The van der Waals surface area contributed by atoms with E-state index in [9.17, 15) is 0 Å². The van der Waals surface area contributed by atoms with Gasteiger partial charge >= 0.3 is 0 Å². The van der Waals surface area contributed by atoms with Crippen LogP contribution in [0.1, 0.15) is 31.0 Å². The van der Waals surface area contributed by atoms with E-state index in [0.29, 0.717) is 11.6 Å². The van der Waals surface area contributed by atoms with Crippen molar-refractivity contribution in [2.24, 2.45) is 0 Å². The summed E-state index contributed by atoms with van der Waals surface area (Å²) >= 11 is 0. The van der Waals surface area contributed by atoms with Gasteiger partial charge in [0, 0.05) is 11.4 Å². The van der Waals surface area contributed by atoms with Gasteiger partial charge in [-0.15, -0.1) is 0 Å². The van der Waals surface area contributed by atoms with Gasteiger partial charge in [-0.05, 0) is 36.6 Å². The third kappa shape index (κ3) is 2.62. The predicted molar refractivity (Wildman–Crippen MR) is 77.2 cm³/mol. The van der Waals surface area contributed by atoms with Gasteiger partial charge in [0.15, 0.2) is 5.82 Å². The van der Waals surface area contributed by atoms with E-state index in [1.54, 1.807) is 0 Å². The average Bonchev–Trinajstić information content (AvgIpc) is 2.34. The van der Waals surface area contributed by atoms with Crippen molar-refractivity contribution < 1.29 is 0 Å². The smallest absolute Gasteiger partial charge is 0.153 e. The first-order valence-corrected chi connectivity index (χ1v) is 6.17. The molecule has 0 aliphatic carbocycles. The summed E-state index contributed by atoms with van der Waals surface area (Å²) < 4.78 is 0. The van der Waals surface area contributed by atoms with Crippen molar-refractivity contribution in [2.45, 2.75) is 26.7 Å². The SMILES string of the molecule is Cc1ccc(N)c(Nc2ccccc2C(C)C)n1. The van der Waals surface area contributed by atoms with Gasteiger partial charge < -0.3 is 11.1 Å². The van der Waals surface area contributed by atoms with Crippen molar-refractivity contribution >= 4 is 17.2 Å². The van der Waals surface area contributed by atoms with E-state index in [4.69, 9.17) is 5.73 Å². The highest BCUT2D eigenvalue weighted by atomic mass is 15.0. The van der Waals surface area contributed by atoms with Crippen molar-refractivity contribution in [3.63, 3.8) is 0 Å². The van der Waals surface area contributed by atoms with E-state index < -0.39 is 0 Å². The maximum Gasteiger partial charge on any atom is 0.153 e. The molecule has 94 valence electrons. The fraction of sp³-hybridized carbons (Fsp3) is 0.267. The Bertz CT molecular complexity index is 547. The molecule has 0 spiro atoms. The number of anilines is 3. The number of rotatable bonds is 3. The summed E-state index contributed by atoms with van der Waals surface area (Å²) in [5.74, 6) is 1.18. The van der Waals surface area contributed by atoms with E-state index in [1.165, 1.54) is 5.56 Å². The topological polar surface area (TPSA) is 50.9 Å². The first-order valence-electron chi connectivity index (χ1n) is 6.17. The molecule has 18 heavy (non-hydrogen) atoms. The van der Waals surface area contributed by atoms with Gasteiger partial charge in [-0.3, -0.25) is 0 Å². The second-order valence-electron chi connectivity index (χ2n) is 4.76. The molecule has 1 heterocycles. The molecule has 0 saturated heterocycles. The van der Waals surface area contributed by atoms with E-state index in [0.717, 1.165) is 17.2 Å². The van der Waals surface area contributed by atoms with Crippen LogP contribution in [0.2, 0.25) is 0 Å². The molecule has 0 saturated carbocycles. The Balaban J connectivity index is 2.37. The third-order valence-corrected chi connectivity index (χ3v) is 2.90. The average molecular weight is 241 g/mol. The molecule has 0 aliphatic rings. The van der Waals surface area contributed by atoms with Gasteiger partial charge in [0.05, 0.1) is 5.69 Å². The van der Waals surface area contributed by atoms with Crippen LogP contribution in [0.5, 0.6) is 0 Å². The Kier molecular flexibility index (Phi) is 3.51. The van der Waals surface area contributed by atoms with Crippen LogP contribution in [0.15, 0.2) is 36.4 Å². The Morgan fingerprint density at radius 1 is 1.11 bits per heavy atom. The normalized spacial score (nSPS) is 10.7. The number of nitrogens with zero attached hydrogens (tertiary/aromatic N) is 1. The highest BCUT2D eigenvalue weighted by molar-refractivity contribution is 5.70. The monoisotopic (exact) mass is 241 g/mol. The van der Waals surface area contributed by atoms with Crippen LogP contribution in [0.4, 0.5) is 17.2 Å². The molecule has 0 fully saturated rings. The Hall–Kier alpha value is -2.03. The van der Waals surface area contributed by atoms with Crippen LogP contribution in [-0.2, 0) is 0 Å². The van der Waals surface area contributed by atoms with Gasteiger partial charge in [0.2, 0.25) is 0 Å². The number of nitrogens with one attached hydrogen (secondary N) is 1. The first kappa shape index (κ1) is 12.4. The number of pyridine rings is 1. The van der Waals surface area contributed by atoms with Gasteiger partial charge in [-0.25, -0.2) is 4.98 Å². The molecule has 0 atom stereocenters. The number of nitrogens with two attached hydrogens (primary N) is 1. The lowest BCUT2D eigenvalue weighted by Crippen LogP contribution is -2.03. The van der Waals surface area contributed by atoms with Crippen LogP contribution in [-0.4, -0.2) is 4.98 Å². The molecule has 0 unspecified atom stereocenters. The molecule has 0 radical (unpaired) electrons. The molecule has 2 aromatic rings. The molecule has 3 N–H and O–H groups in total. The first-order chi connectivity index (χ1) is 8.58. The standard InChI is InChI=1S/C15H19N3/c1-10(2)12-6-4-5-7-14(12)18-15-13(16)9-8-11(3)17-15/h4-10H,16H2,1-3H3,(H,17,18). The summed E-state index contributed by atoms with van der Waals surface area (Å²) in [7, 11) is 0. The van der Waals surface area contributed by atoms with Crippen molar-refractivity contribution in [1.82, 2.24) is 4.98 Å². The highest BCUT2D eigenvalue weighted by Crippen LogP contribution is 2.28. The van der Waals surface area contributed by atoms with Crippen molar-refractivity contribution in [2.75, 3.05) is 11.1 Å². The summed E-state index contributed by atoms with van der Waals surface area (Å²) in [4.78, 5) is 4.43. The van der Waals surface area contributed by atoms with E-state index in [1.807, 2.05) is 31.2 Å². The lowest BCUT2D eigenvalue weighted by Gasteiger charge is -2.15. The Morgan fingerprint density at radius 2 is 1.83 bits per heavy atom. The quantitative estimate of drug-likeness (QED) is 0.858. The Morgan fingerprint density at radius 3 is 2.56 bits per heavy atom. The fourth-order valence-corrected chi connectivity index (χ4v) is 1.91. The molecule has 1 aromatic heterocycles. The third-order valence-electron chi connectivity index (χ3n) is 2.90.